The Balaban J connectivity index is 1.76. The van der Waals surface area contributed by atoms with E-state index in [1.165, 1.54) is 5.56 Å². The zero-order valence-electron chi connectivity index (χ0n) is 16.4. The van der Waals surface area contributed by atoms with Crippen LogP contribution in [0.4, 0.5) is 0 Å². The van der Waals surface area contributed by atoms with Crippen molar-refractivity contribution in [2.24, 2.45) is 0 Å². The summed E-state index contributed by atoms with van der Waals surface area (Å²) in [5.74, 6) is 1.26. The van der Waals surface area contributed by atoms with Gasteiger partial charge < -0.3 is 14.8 Å². The maximum Gasteiger partial charge on any atom is 0.261 e. The summed E-state index contributed by atoms with van der Waals surface area (Å²) in [5.41, 5.74) is 1.37. The Morgan fingerprint density at radius 2 is 1.63 bits per heavy atom. The standard InChI is InChI=1S/C22H28ClNO3/c1-5-20(27-19-12-8-17(23)9-13-19)21(25)24-14-15-26-18-10-6-16(7-11-18)22(2,3)4/h6-13,20H,5,14-15H2,1-4H3,(H,24,25)/t20-/m1/s1. The molecule has 1 N–H and O–H groups in total. The molecule has 0 aliphatic rings. The van der Waals surface area contributed by atoms with Gasteiger partial charge in [-0.2, -0.15) is 0 Å². The van der Waals surface area contributed by atoms with Gasteiger partial charge in [-0.15, -0.1) is 0 Å². The summed E-state index contributed by atoms with van der Waals surface area (Å²) >= 11 is 5.86. The summed E-state index contributed by atoms with van der Waals surface area (Å²) < 4.78 is 11.4. The Labute approximate surface area is 166 Å². The molecule has 0 aliphatic carbocycles. The van der Waals surface area contributed by atoms with Crippen molar-refractivity contribution in [1.29, 1.82) is 0 Å². The van der Waals surface area contributed by atoms with Crippen molar-refractivity contribution in [2.75, 3.05) is 13.2 Å². The van der Waals surface area contributed by atoms with E-state index in [1.807, 2.05) is 19.1 Å². The second-order valence-corrected chi connectivity index (χ2v) is 7.82. The van der Waals surface area contributed by atoms with Gasteiger partial charge in [-0.05, 0) is 53.8 Å². The van der Waals surface area contributed by atoms with E-state index in [-0.39, 0.29) is 11.3 Å². The Hall–Kier alpha value is -2.20. The summed E-state index contributed by atoms with van der Waals surface area (Å²) in [4.78, 5) is 12.3. The second kappa shape index (κ2) is 9.65. The first-order chi connectivity index (χ1) is 12.8. The van der Waals surface area contributed by atoms with Crippen molar-refractivity contribution in [2.45, 2.75) is 45.6 Å². The van der Waals surface area contributed by atoms with E-state index < -0.39 is 6.10 Å². The third-order valence-electron chi connectivity index (χ3n) is 4.15. The molecule has 2 rings (SSSR count). The molecule has 0 spiro atoms. The van der Waals surface area contributed by atoms with E-state index in [9.17, 15) is 4.79 Å². The zero-order chi connectivity index (χ0) is 19.9. The van der Waals surface area contributed by atoms with E-state index >= 15 is 0 Å². The lowest BCUT2D eigenvalue weighted by atomic mass is 9.87. The van der Waals surface area contributed by atoms with Gasteiger partial charge in [0.05, 0.1) is 6.54 Å². The van der Waals surface area contributed by atoms with Gasteiger partial charge in [-0.1, -0.05) is 51.4 Å². The number of hydrogen-bond donors (Lipinski definition) is 1. The molecule has 2 aromatic rings. The van der Waals surface area contributed by atoms with Gasteiger partial charge in [0.1, 0.15) is 18.1 Å². The molecule has 146 valence electrons. The van der Waals surface area contributed by atoms with Crippen LogP contribution in [0.25, 0.3) is 0 Å². The molecule has 0 saturated carbocycles. The van der Waals surface area contributed by atoms with Crippen molar-refractivity contribution in [3.05, 3.63) is 59.1 Å². The van der Waals surface area contributed by atoms with Crippen molar-refractivity contribution < 1.29 is 14.3 Å². The van der Waals surface area contributed by atoms with Crippen molar-refractivity contribution >= 4 is 17.5 Å². The molecule has 2 aromatic carbocycles. The Morgan fingerprint density at radius 1 is 1.04 bits per heavy atom. The number of amides is 1. The number of nitrogens with one attached hydrogen (secondary N) is 1. The molecule has 5 heteroatoms. The number of carbonyl (C=O) groups is 1. The fraction of sp³-hybridized carbons (Fsp3) is 0.409. The minimum Gasteiger partial charge on any atom is -0.492 e. The summed E-state index contributed by atoms with van der Waals surface area (Å²) in [6.07, 6.45) is 0.0288. The molecular weight excluding hydrogens is 362 g/mol. The highest BCUT2D eigenvalue weighted by Gasteiger charge is 2.18. The van der Waals surface area contributed by atoms with Gasteiger partial charge in [-0.3, -0.25) is 4.79 Å². The molecule has 0 bridgehead atoms. The topological polar surface area (TPSA) is 47.6 Å². The lowest BCUT2D eigenvalue weighted by Crippen LogP contribution is -2.39. The molecule has 0 aliphatic heterocycles. The summed E-state index contributed by atoms with van der Waals surface area (Å²) in [6.45, 7) is 9.25. The quantitative estimate of drug-likeness (QED) is 0.647. The van der Waals surface area contributed by atoms with Crippen LogP contribution < -0.4 is 14.8 Å². The van der Waals surface area contributed by atoms with Gasteiger partial charge >= 0.3 is 0 Å². The third-order valence-corrected chi connectivity index (χ3v) is 4.40. The van der Waals surface area contributed by atoms with E-state index in [0.29, 0.717) is 30.3 Å². The Bertz CT molecular complexity index is 721. The number of hydrogen-bond acceptors (Lipinski definition) is 3. The zero-order valence-corrected chi connectivity index (χ0v) is 17.2. The summed E-state index contributed by atoms with van der Waals surface area (Å²) in [5, 5.41) is 3.49. The van der Waals surface area contributed by atoms with Gasteiger partial charge in [0, 0.05) is 5.02 Å². The fourth-order valence-electron chi connectivity index (χ4n) is 2.51. The molecule has 0 heterocycles. The van der Waals surface area contributed by atoms with Crippen LogP contribution in [0.1, 0.15) is 39.7 Å². The summed E-state index contributed by atoms with van der Waals surface area (Å²) in [6, 6.07) is 15.0. The average molecular weight is 390 g/mol. The van der Waals surface area contributed by atoms with Gasteiger partial charge in [0.15, 0.2) is 6.10 Å². The Morgan fingerprint density at radius 3 is 2.19 bits per heavy atom. The molecule has 1 amide bonds. The van der Waals surface area contributed by atoms with Crippen molar-refractivity contribution in [3.63, 3.8) is 0 Å². The minimum absolute atomic E-state index is 0.117. The van der Waals surface area contributed by atoms with Crippen LogP contribution >= 0.6 is 11.6 Å². The molecule has 0 fully saturated rings. The highest BCUT2D eigenvalue weighted by Crippen LogP contribution is 2.24. The smallest absolute Gasteiger partial charge is 0.261 e. The first-order valence-electron chi connectivity index (χ1n) is 9.23. The van der Waals surface area contributed by atoms with Crippen LogP contribution in [0.3, 0.4) is 0 Å². The summed E-state index contributed by atoms with van der Waals surface area (Å²) in [7, 11) is 0. The van der Waals surface area contributed by atoms with Crippen LogP contribution in [0.2, 0.25) is 5.02 Å². The third kappa shape index (κ3) is 6.79. The average Bonchev–Trinajstić information content (AvgIpc) is 2.64. The molecule has 27 heavy (non-hydrogen) atoms. The van der Waals surface area contributed by atoms with Gasteiger partial charge in [0.2, 0.25) is 0 Å². The number of rotatable bonds is 8. The monoisotopic (exact) mass is 389 g/mol. The van der Waals surface area contributed by atoms with E-state index in [0.717, 1.165) is 5.75 Å². The van der Waals surface area contributed by atoms with E-state index in [1.54, 1.807) is 24.3 Å². The molecule has 0 aromatic heterocycles. The van der Waals surface area contributed by atoms with Crippen LogP contribution in [0.15, 0.2) is 48.5 Å². The van der Waals surface area contributed by atoms with E-state index in [2.05, 4.69) is 38.2 Å². The number of halogens is 1. The van der Waals surface area contributed by atoms with Gasteiger partial charge in [-0.25, -0.2) is 0 Å². The van der Waals surface area contributed by atoms with Crippen molar-refractivity contribution in [1.82, 2.24) is 5.32 Å². The highest BCUT2D eigenvalue weighted by molar-refractivity contribution is 6.30. The van der Waals surface area contributed by atoms with Gasteiger partial charge in [0.25, 0.3) is 5.91 Å². The second-order valence-electron chi connectivity index (χ2n) is 7.38. The molecule has 1 atom stereocenters. The molecule has 0 radical (unpaired) electrons. The van der Waals surface area contributed by atoms with Crippen LogP contribution in [-0.2, 0) is 10.2 Å². The first kappa shape index (κ1) is 21.1. The molecule has 4 nitrogen and oxygen atoms in total. The maximum absolute atomic E-state index is 12.3. The first-order valence-corrected chi connectivity index (χ1v) is 9.60. The van der Waals surface area contributed by atoms with Crippen LogP contribution in [0, 0.1) is 0 Å². The SMILES string of the molecule is CC[C@@H](Oc1ccc(Cl)cc1)C(=O)NCCOc1ccc(C(C)(C)C)cc1. The predicted octanol–water partition coefficient (Wildman–Crippen LogP) is 4.99. The fourth-order valence-corrected chi connectivity index (χ4v) is 2.63. The lowest BCUT2D eigenvalue weighted by molar-refractivity contribution is -0.128. The predicted molar refractivity (Wildman–Crippen MR) is 110 cm³/mol. The molecule has 0 saturated heterocycles. The molecule has 0 unspecified atom stereocenters. The normalized spacial score (nSPS) is 12.3. The largest absolute Gasteiger partial charge is 0.492 e. The maximum atomic E-state index is 12.3. The van der Waals surface area contributed by atoms with Crippen LogP contribution in [0.5, 0.6) is 11.5 Å². The minimum atomic E-state index is -0.544. The highest BCUT2D eigenvalue weighted by atomic mass is 35.5. The Kier molecular flexibility index (Phi) is 7.55. The van der Waals surface area contributed by atoms with Crippen molar-refractivity contribution in [3.8, 4) is 11.5 Å². The number of benzene rings is 2. The van der Waals surface area contributed by atoms with Crippen LogP contribution in [-0.4, -0.2) is 25.2 Å². The van der Waals surface area contributed by atoms with E-state index in [4.69, 9.17) is 21.1 Å². The lowest BCUT2D eigenvalue weighted by Gasteiger charge is -2.19. The number of ether oxygens (including phenoxy) is 2. The number of carbonyl (C=O) groups excluding carboxylic acids is 1. The molecular formula is C22H28ClNO3.